The summed E-state index contributed by atoms with van der Waals surface area (Å²) in [5, 5.41) is 3.95. The van der Waals surface area contributed by atoms with Crippen molar-refractivity contribution in [3.63, 3.8) is 0 Å². The zero-order chi connectivity index (χ0) is 13.0. The minimum atomic E-state index is 0.685. The molecule has 5 heteroatoms. The van der Waals surface area contributed by atoms with Gasteiger partial charge in [0.2, 0.25) is 5.89 Å². The first-order valence-electron chi connectivity index (χ1n) is 5.92. The topological polar surface area (TPSA) is 42.2 Å². The Morgan fingerprint density at radius 3 is 2.72 bits per heavy atom. The van der Waals surface area contributed by atoms with Crippen molar-refractivity contribution in [2.24, 2.45) is 0 Å². The second-order valence-electron chi connectivity index (χ2n) is 4.22. The van der Waals surface area contributed by atoms with E-state index in [2.05, 4.69) is 37.0 Å². The fourth-order valence-electron chi connectivity index (χ4n) is 1.71. The molecular weight excluding hydrogens is 294 g/mol. The molecule has 0 bridgehead atoms. The Kier molecular flexibility index (Phi) is 4.49. The van der Waals surface area contributed by atoms with Crippen LogP contribution in [0.5, 0.6) is 0 Å². The Balaban J connectivity index is 1.96. The highest BCUT2D eigenvalue weighted by atomic mass is 79.9. The van der Waals surface area contributed by atoms with Crippen LogP contribution in [0.25, 0.3) is 0 Å². The minimum absolute atomic E-state index is 0.685. The van der Waals surface area contributed by atoms with Crippen LogP contribution in [0.4, 0.5) is 0 Å². The van der Waals surface area contributed by atoms with Gasteiger partial charge in [0.25, 0.3) is 0 Å². The monoisotopic (exact) mass is 309 g/mol. The highest BCUT2D eigenvalue weighted by Gasteiger charge is 2.09. The summed E-state index contributed by atoms with van der Waals surface area (Å²) in [5.41, 5.74) is 1.25. The third-order valence-corrected chi connectivity index (χ3v) is 3.40. The van der Waals surface area contributed by atoms with Gasteiger partial charge in [0, 0.05) is 17.4 Å². The van der Waals surface area contributed by atoms with E-state index in [0.717, 1.165) is 23.3 Å². The van der Waals surface area contributed by atoms with E-state index >= 15 is 0 Å². The van der Waals surface area contributed by atoms with E-state index in [0.29, 0.717) is 12.4 Å². The maximum Gasteiger partial charge on any atom is 0.226 e. The van der Waals surface area contributed by atoms with E-state index in [4.69, 9.17) is 4.52 Å². The van der Waals surface area contributed by atoms with Crippen LogP contribution in [0.1, 0.15) is 24.2 Å². The van der Waals surface area contributed by atoms with Gasteiger partial charge in [-0.1, -0.05) is 46.2 Å². The second kappa shape index (κ2) is 6.11. The first-order chi connectivity index (χ1) is 8.69. The zero-order valence-electron chi connectivity index (χ0n) is 10.6. The van der Waals surface area contributed by atoms with Gasteiger partial charge in [-0.05, 0) is 18.7 Å². The van der Waals surface area contributed by atoms with Gasteiger partial charge in [0.15, 0.2) is 5.82 Å². The lowest BCUT2D eigenvalue weighted by molar-refractivity contribution is 0.299. The van der Waals surface area contributed by atoms with Crippen LogP contribution in [-0.2, 0) is 19.5 Å². The highest BCUT2D eigenvalue weighted by Crippen LogP contribution is 2.17. The summed E-state index contributed by atoms with van der Waals surface area (Å²) in [7, 11) is 2.04. The molecule has 0 fully saturated rings. The zero-order valence-corrected chi connectivity index (χ0v) is 12.1. The average molecular weight is 310 g/mol. The maximum atomic E-state index is 5.09. The Labute approximate surface area is 115 Å². The molecule has 0 radical (unpaired) electrons. The van der Waals surface area contributed by atoms with Crippen LogP contribution in [0.3, 0.4) is 0 Å². The molecule has 1 heterocycles. The van der Waals surface area contributed by atoms with E-state index in [-0.39, 0.29) is 0 Å². The fraction of sp³-hybridized carbons (Fsp3) is 0.385. The molecule has 0 saturated heterocycles. The number of aryl methyl sites for hydroxylation is 1. The molecule has 0 aliphatic carbocycles. The molecule has 0 atom stereocenters. The molecule has 18 heavy (non-hydrogen) atoms. The number of nitrogens with zero attached hydrogens (tertiary/aromatic N) is 3. The van der Waals surface area contributed by atoms with E-state index in [1.807, 2.05) is 32.2 Å². The van der Waals surface area contributed by atoms with Gasteiger partial charge >= 0.3 is 0 Å². The van der Waals surface area contributed by atoms with Crippen LogP contribution in [0.15, 0.2) is 33.3 Å². The summed E-state index contributed by atoms with van der Waals surface area (Å²) >= 11 is 3.55. The molecule has 2 aromatic rings. The average Bonchev–Trinajstić information content (AvgIpc) is 2.80. The molecule has 0 aliphatic heterocycles. The fourth-order valence-corrected chi connectivity index (χ4v) is 2.12. The van der Waals surface area contributed by atoms with Gasteiger partial charge in [-0.3, -0.25) is 4.90 Å². The van der Waals surface area contributed by atoms with E-state index < -0.39 is 0 Å². The van der Waals surface area contributed by atoms with Gasteiger partial charge in [0.1, 0.15) is 0 Å². The van der Waals surface area contributed by atoms with Crippen molar-refractivity contribution >= 4 is 15.9 Å². The number of halogens is 1. The molecule has 1 aromatic carbocycles. The summed E-state index contributed by atoms with van der Waals surface area (Å²) < 4.78 is 6.22. The Morgan fingerprint density at radius 1 is 1.28 bits per heavy atom. The lowest BCUT2D eigenvalue weighted by Crippen LogP contribution is -2.18. The molecule has 0 N–H and O–H groups in total. The van der Waals surface area contributed by atoms with Crippen LogP contribution >= 0.6 is 15.9 Å². The summed E-state index contributed by atoms with van der Waals surface area (Å²) in [5.74, 6) is 1.43. The number of hydrogen-bond acceptors (Lipinski definition) is 4. The number of aromatic nitrogens is 2. The van der Waals surface area contributed by atoms with Gasteiger partial charge < -0.3 is 4.52 Å². The summed E-state index contributed by atoms with van der Waals surface area (Å²) in [6, 6.07) is 8.21. The third-order valence-electron chi connectivity index (χ3n) is 2.62. The van der Waals surface area contributed by atoms with Crippen LogP contribution in [-0.4, -0.2) is 22.1 Å². The second-order valence-corrected chi connectivity index (χ2v) is 5.08. The smallest absolute Gasteiger partial charge is 0.226 e. The summed E-state index contributed by atoms with van der Waals surface area (Å²) in [4.78, 5) is 6.46. The van der Waals surface area contributed by atoms with Crippen molar-refractivity contribution in [2.75, 3.05) is 7.05 Å². The lowest BCUT2D eigenvalue weighted by Gasteiger charge is -2.15. The van der Waals surface area contributed by atoms with Gasteiger partial charge in [-0.15, -0.1) is 0 Å². The van der Waals surface area contributed by atoms with E-state index in [1.54, 1.807) is 0 Å². The molecule has 0 spiro atoms. The van der Waals surface area contributed by atoms with Crippen LogP contribution < -0.4 is 0 Å². The first kappa shape index (κ1) is 13.2. The van der Waals surface area contributed by atoms with Gasteiger partial charge in [-0.25, -0.2) is 0 Å². The lowest BCUT2D eigenvalue weighted by atomic mass is 10.2. The normalized spacial score (nSPS) is 11.1. The van der Waals surface area contributed by atoms with E-state index in [1.165, 1.54) is 5.56 Å². The van der Waals surface area contributed by atoms with Crippen molar-refractivity contribution < 1.29 is 4.52 Å². The summed E-state index contributed by atoms with van der Waals surface area (Å²) in [6.07, 6.45) is 0.779. The van der Waals surface area contributed by atoms with Crippen molar-refractivity contribution in [1.29, 1.82) is 0 Å². The first-order valence-corrected chi connectivity index (χ1v) is 6.71. The number of rotatable bonds is 5. The molecule has 4 nitrogen and oxygen atoms in total. The molecule has 0 amide bonds. The highest BCUT2D eigenvalue weighted by molar-refractivity contribution is 9.10. The minimum Gasteiger partial charge on any atom is -0.339 e. The molecule has 1 aromatic heterocycles. The largest absolute Gasteiger partial charge is 0.339 e. The maximum absolute atomic E-state index is 5.09. The predicted molar refractivity (Wildman–Crippen MR) is 73.0 cm³/mol. The molecule has 96 valence electrons. The van der Waals surface area contributed by atoms with Gasteiger partial charge in [-0.2, -0.15) is 4.98 Å². The van der Waals surface area contributed by atoms with E-state index in [9.17, 15) is 0 Å². The van der Waals surface area contributed by atoms with Crippen molar-refractivity contribution in [2.45, 2.75) is 26.4 Å². The molecular formula is C13H16BrN3O. The standard InChI is InChI=1S/C13H16BrN3O/c1-3-13-15-12(16-18-13)9-17(2)8-10-6-4-5-7-11(10)14/h4-7H,3,8-9H2,1-2H3. The number of benzene rings is 1. The third kappa shape index (κ3) is 3.40. The van der Waals surface area contributed by atoms with Crippen molar-refractivity contribution in [3.8, 4) is 0 Å². The van der Waals surface area contributed by atoms with Crippen molar-refractivity contribution in [1.82, 2.24) is 15.0 Å². The summed E-state index contributed by atoms with van der Waals surface area (Å²) in [6.45, 7) is 3.53. The Bertz CT molecular complexity index is 512. The van der Waals surface area contributed by atoms with Gasteiger partial charge in [0.05, 0.1) is 6.54 Å². The van der Waals surface area contributed by atoms with Crippen LogP contribution in [0, 0.1) is 0 Å². The SMILES string of the molecule is CCc1nc(CN(C)Cc2ccccc2Br)no1. The number of hydrogen-bond donors (Lipinski definition) is 0. The Hall–Kier alpha value is -1.20. The quantitative estimate of drug-likeness (QED) is 0.851. The molecule has 2 rings (SSSR count). The molecule has 0 saturated carbocycles. The van der Waals surface area contributed by atoms with Crippen molar-refractivity contribution in [3.05, 3.63) is 46.0 Å². The predicted octanol–water partition coefficient (Wildman–Crippen LogP) is 3.03. The molecule has 0 aliphatic rings. The van der Waals surface area contributed by atoms with Crippen LogP contribution in [0.2, 0.25) is 0 Å². The Morgan fingerprint density at radius 2 is 2.06 bits per heavy atom. The molecule has 0 unspecified atom stereocenters.